The molecule has 2 aromatic carbocycles. The zero-order valence-electron chi connectivity index (χ0n) is 18.5. The molecule has 2 saturated heterocycles. The molecule has 8 heteroatoms. The molecule has 172 valence electrons. The lowest BCUT2D eigenvalue weighted by Gasteiger charge is -2.38. The third kappa shape index (κ3) is 4.57. The van der Waals surface area contributed by atoms with Crippen molar-refractivity contribution in [2.45, 2.75) is 0 Å². The highest BCUT2D eigenvalue weighted by molar-refractivity contribution is 5.98. The Kier molecular flexibility index (Phi) is 6.00. The van der Waals surface area contributed by atoms with E-state index in [0.29, 0.717) is 70.3 Å². The van der Waals surface area contributed by atoms with Crippen molar-refractivity contribution in [3.63, 3.8) is 0 Å². The minimum absolute atomic E-state index is 0.00134. The Hall–Kier alpha value is -3.39. The number of hydrogen-bond donors (Lipinski definition) is 1. The van der Waals surface area contributed by atoms with Crippen LogP contribution >= 0.6 is 0 Å². The van der Waals surface area contributed by atoms with Crippen molar-refractivity contribution in [1.29, 1.82) is 0 Å². The fourth-order valence-electron chi connectivity index (χ4n) is 4.66. The minimum Gasteiger partial charge on any atom is -0.366 e. The van der Waals surface area contributed by atoms with Crippen LogP contribution in [-0.4, -0.2) is 90.4 Å². The summed E-state index contributed by atoms with van der Waals surface area (Å²) in [6.45, 7) is 5.33. The fraction of sp³-hybridized carbons (Fsp3) is 0.360. The van der Waals surface area contributed by atoms with E-state index in [1.807, 2.05) is 51.1 Å². The molecular formula is C25H28FN5O2. The number of piperazine rings is 2. The molecule has 2 fully saturated rings. The third-order valence-corrected chi connectivity index (χ3v) is 6.60. The SMILES string of the molecule is O=C(CN1CCN(C(=O)c2cc3ccccc3[nH]2)CC1)N1CCN(c2ccccc2F)CC1. The van der Waals surface area contributed by atoms with E-state index >= 15 is 0 Å². The molecule has 0 aliphatic carbocycles. The Morgan fingerprint density at radius 1 is 0.818 bits per heavy atom. The summed E-state index contributed by atoms with van der Waals surface area (Å²) in [5.74, 6) is -0.128. The van der Waals surface area contributed by atoms with E-state index in [9.17, 15) is 14.0 Å². The molecule has 3 aromatic rings. The van der Waals surface area contributed by atoms with Gasteiger partial charge < -0.3 is 19.7 Å². The van der Waals surface area contributed by atoms with Crippen molar-refractivity contribution < 1.29 is 14.0 Å². The van der Waals surface area contributed by atoms with Gasteiger partial charge in [0.2, 0.25) is 5.91 Å². The first-order chi connectivity index (χ1) is 16.1. The Morgan fingerprint density at radius 2 is 1.48 bits per heavy atom. The molecule has 3 heterocycles. The number of para-hydroxylation sites is 2. The van der Waals surface area contributed by atoms with Gasteiger partial charge in [0.15, 0.2) is 0 Å². The number of amides is 2. The van der Waals surface area contributed by atoms with Crippen LogP contribution in [0.5, 0.6) is 0 Å². The molecule has 2 aliphatic heterocycles. The van der Waals surface area contributed by atoms with Gasteiger partial charge in [-0.25, -0.2) is 4.39 Å². The van der Waals surface area contributed by atoms with Crippen LogP contribution < -0.4 is 4.90 Å². The van der Waals surface area contributed by atoms with E-state index in [2.05, 4.69) is 9.88 Å². The zero-order valence-corrected chi connectivity index (χ0v) is 18.5. The summed E-state index contributed by atoms with van der Waals surface area (Å²) in [6, 6.07) is 16.5. The number of nitrogens with one attached hydrogen (secondary N) is 1. The lowest BCUT2D eigenvalue weighted by molar-refractivity contribution is -0.133. The van der Waals surface area contributed by atoms with Gasteiger partial charge in [-0.2, -0.15) is 0 Å². The van der Waals surface area contributed by atoms with Crippen LogP contribution in [0.25, 0.3) is 10.9 Å². The number of anilines is 1. The van der Waals surface area contributed by atoms with Crippen LogP contribution in [0.1, 0.15) is 10.5 Å². The molecule has 0 spiro atoms. The molecule has 1 N–H and O–H groups in total. The monoisotopic (exact) mass is 449 g/mol. The average molecular weight is 450 g/mol. The van der Waals surface area contributed by atoms with Crippen LogP contribution in [0.3, 0.4) is 0 Å². The van der Waals surface area contributed by atoms with Crippen molar-refractivity contribution in [2.24, 2.45) is 0 Å². The normalized spacial score (nSPS) is 17.5. The Morgan fingerprint density at radius 3 is 2.21 bits per heavy atom. The number of benzene rings is 2. The fourth-order valence-corrected chi connectivity index (χ4v) is 4.66. The highest BCUT2D eigenvalue weighted by Gasteiger charge is 2.27. The van der Waals surface area contributed by atoms with Gasteiger partial charge >= 0.3 is 0 Å². The highest BCUT2D eigenvalue weighted by atomic mass is 19.1. The number of carbonyl (C=O) groups is 2. The molecule has 2 aliphatic rings. The summed E-state index contributed by atoms with van der Waals surface area (Å²) in [6.07, 6.45) is 0. The summed E-state index contributed by atoms with van der Waals surface area (Å²) in [5.41, 5.74) is 2.16. The van der Waals surface area contributed by atoms with Crippen LogP contribution in [0, 0.1) is 5.82 Å². The summed E-state index contributed by atoms with van der Waals surface area (Å²) in [4.78, 5) is 36.7. The van der Waals surface area contributed by atoms with E-state index < -0.39 is 0 Å². The number of aromatic amines is 1. The maximum Gasteiger partial charge on any atom is 0.270 e. The lowest BCUT2D eigenvalue weighted by Crippen LogP contribution is -2.54. The Balaban J connectivity index is 1.10. The number of carbonyl (C=O) groups excluding carboxylic acids is 2. The van der Waals surface area contributed by atoms with Gasteiger partial charge in [0.25, 0.3) is 5.91 Å². The number of fused-ring (bicyclic) bond motifs is 1. The van der Waals surface area contributed by atoms with Gasteiger partial charge in [0.1, 0.15) is 11.5 Å². The second kappa shape index (κ2) is 9.23. The first-order valence-electron chi connectivity index (χ1n) is 11.4. The third-order valence-electron chi connectivity index (χ3n) is 6.60. The van der Waals surface area contributed by atoms with E-state index in [0.717, 1.165) is 10.9 Å². The molecule has 0 saturated carbocycles. The number of aromatic nitrogens is 1. The summed E-state index contributed by atoms with van der Waals surface area (Å²) in [5, 5.41) is 1.03. The molecule has 33 heavy (non-hydrogen) atoms. The van der Waals surface area contributed by atoms with Crippen molar-refractivity contribution in [1.82, 2.24) is 19.7 Å². The van der Waals surface area contributed by atoms with E-state index in [1.165, 1.54) is 6.07 Å². The van der Waals surface area contributed by atoms with Gasteiger partial charge in [-0.1, -0.05) is 30.3 Å². The predicted octanol–water partition coefficient (Wildman–Crippen LogP) is 2.41. The average Bonchev–Trinajstić information content (AvgIpc) is 3.29. The molecule has 0 atom stereocenters. The van der Waals surface area contributed by atoms with E-state index in [-0.39, 0.29) is 17.6 Å². The first-order valence-corrected chi connectivity index (χ1v) is 11.4. The smallest absolute Gasteiger partial charge is 0.270 e. The summed E-state index contributed by atoms with van der Waals surface area (Å²) < 4.78 is 14.0. The minimum atomic E-state index is -0.225. The summed E-state index contributed by atoms with van der Waals surface area (Å²) >= 11 is 0. The first kappa shape index (κ1) is 21.5. The van der Waals surface area contributed by atoms with E-state index in [1.54, 1.807) is 12.1 Å². The number of rotatable bonds is 4. The van der Waals surface area contributed by atoms with Gasteiger partial charge in [-0.3, -0.25) is 14.5 Å². The van der Waals surface area contributed by atoms with Gasteiger partial charge in [0.05, 0.1) is 12.2 Å². The van der Waals surface area contributed by atoms with E-state index in [4.69, 9.17) is 0 Å². The Bertz CT molecular complexity index is 1110. The second-order valence-corrected chi connectivity index (χ2v) is 8.66. The zero-order chi connectivity index (χ0) is 22.8. The molecule has 0 radical (unpaired) electrons. The van der Waals surface area contributed by atoms with Crippen LogP contribution in [0.4, 0.5) is 10.1 Å². The second-order valence-electron chi connectivity index (χ2n) is 8.66. The standard InChI is InChI=1S/C25H28FN5O2/c26-20-6-2-4-8-23(20)29-13-15-30(16-14-29)24(32)18-28-9-11-31(12-10-28)25(33)22-17-19-5-1-3-7-21(19)27-22/h1-8,17,27H,9-16,18H2. The molecule has 5 rings (SSSR count). The molecule has 1 aromatic heterocycles. The maximum atomic E-state index is 14.0. The largest absolute Gasteiger partial charge is 0.366 e. The van der Waals surface area contributed by atoms with Gasteiger partial charge in [0, 0.05) is 63.3 Å². The van der Waals surface area contributed by atoms with Gasteiger partial charge in [-0.15, -0.1) is 0 Å². The number of halogens is 1. The Labute approximate surface area is 192 Å². The summed E-state index contributed by atoms with van der Waals surface area (Å²) in [7, 11) is 0. The predicted molar refractivity (Wildman–Crippen MR) is 126 cm³/mol. The van der Waals surface area contributed by atoms with Crippen molar-refractivity contribution in [2.75, 3.05) is 63.8 Å². The van der Waals surface area contributed by atoms with Crippen LogP contribution in [0.2, 0.25) is 0 Å². The topological polar surface area (TPSA) is 62.9 Å². The van der Waals surface area contributed by atoms with Crippen molar-refractivity contribution in [3.05, 3.63) is 66.1 Å². The maximum absolute atomic E-state index is 14.0. The van der Waals surface area contributed by atoms with Crippen molar-refractivity contribution >= 4 is 28.4 Å². The number of hydrogen-bond acceptors (Lipinski definition) is 4. The number of nitrogens with zero attached hydrogens (tertiary/aromatic N) is 4. The number of H-pyrrole nitrogens is 1. The molecule has 7 nitrogen and oxygen atoms in total. The molecular weight excluding hydrogens is 421 g/mol. The van der Waals surface area contributed by atoms with Gasteiger partial charge in [-0.05, 0) is 24.3 Å². The molecule has 2 amide bonds. The van der Waals surface area contributed by atoms with Crippen molar-refractivity contribution in [3.8, 4) is 0 Å². The molecule has 0 bridgehead atoms. The lowest BCUT2D eigenvalue weighted by atomic mass is 10.2. The highest BCUT2D eigenvalue weighted by Crippen LogP contribution is 2.20. The van der Waals surface area contributed by atoms with Crippen LogP contribution in [-0.2, 0) is 4.79 Å². The quantitative estimate of drug-likeness (QED) is 0.665. The van der Waals surface area contributed by atoms with Crippen LogP contribution in [0.15, 0.2) is 54.6 Å². The molecule has 0 unspecified atom stereocenters.